The highest BCUT2D eigenvalue weighted by Crippen LogP contribution is 2.36. The van der Waals surface area contributed by atoms with Gasteiger partial charge in [0.05, 0.1) is 18.2 Å². The summed E-state index contributed by atoms with van der Waals surface area (Å²) in [7, 11) is 1.65. The van der Waals surface area contributed by atoms with Gasteiger partial charge in [-0.3, -0.25) is 4.98 Å². The summed E-state index contributed by atoms with van der Waals surface area (Å²) in [5, 5.41) is 3.39. The van der Waals surface area contributed by atoms with E-state index in [2.05, 4.69) is 32.3 Å². The van der Waals surface area contributed by atoms with Crippen LogP contribution in [0.4, 0.5) is 0 Å². The van der Waals surface area contributed by atoms with E-state index in [4.69, 9.17) is 9.47 Å². The number of rotatable bonds is 7. The SMILES string of the molecule is CCOc1c(Br)cc(CNCc2cccnc2)cc1OC.[Cl-]. The Morgan fingerprint density at radius 2 is 2.00 bits per heavy atom. The lowest BCUT2D eigenvalue weighted by Crippen LogP contribution is -3.00. The molecule has 0 aliphatic carbocycles. The minimum Gasteiger partial charge on any atom is -1.00 e. The molecule has 0 atom stereocenters. The van der Waals surface area contributed by atoms with Gasteiger partial charge < -0.3 is 27.2 Å². The van der Waals surface area contributed by atoms with Crippen molar-refractivity contribution in [3.05, 3.63) is 52.3 Å². The van der Waals surface area contributed by atoms with Gasteiger partial charge in [-0.2, -0.15) is 0 Å². The summed E-state index contributed by atoms with van der Waals surface area (Å²) in [6.07, 6.45) is 3.64. The molecular formula is C16H19BrClN2O2-. The predicted molar refractivity (Wildman–Crippen MR) is 86.6 cm³/mol. The molecule has 0 saturated carbocycles. The van der Waals surface area contributed by atoms with Gasteiger partial charge in [-0.15, -0.1) is 0 Å². The second kappa shape index (κ2) is 9.66. The van der Waals surface area contributed by atoms with Crippen molar-refractivity contribution in [2.24, 2.45) is 0 Å². The molecule has 6 heteroatoms. The molecule has 0 saturated heterocycles. The molecule has 4 nitrogen and oxygen atoms in total. The molecule has 2 aromatic rings. The highest BCUT2D eigenvalue weighted by molar-refractivity contribution is 9.10. The molecule has 1 aromatic heterocycles. The third kappa shape index (κ3) is 5.16. The molecule has 0 spiro atoms. The summed E-state index contributed by atoms with van der Waals surface area (Å²) in [6.45, 7) is 4.08. The smallest absolute Gasteiger partial charge is 0.175 e. The number of hydrogen-bond donors (Lipinski definition) is 1. The fraction of sp³-hybridized carbons (Fsp3) is 0.312. The van der Waals surface area contributed by atoms with E-state index in [1.165, 1.54) is 0 Å². The number of methoxy groups -OCH3 is 1. The number of halogens is 2. The zero-order chi connectivity index (χ0) is 15.1. The van der Waals surface area contributed by atoms with Crippen LogP contribution in [0.3, 0.4) is 0 Å². The molecule has 0 aliphatic heterocycles. The van der Waals surface area contributed by atoms with Crippen LogP contribution in [0.15, 0.2) is 41.1 Å². The Balaban J connectivity index is 0.00000242. The zero-order valence-electron chi connectivity index (χ0n) is 12.6. The number of benzene rings is 1. The van der Waals surface area contributed by atoms with Crippen LogP contribution in [0.25, 0.3) is 0 Å². The number of aromatic nitrogens is 1. The molecule has 0 unspecified atom stereocenters. The minimum atomic E-state index is 0. The van der Waals surface area contributed by atoms with Crippen LogP contribution in [0, 0.1) is 0 Å². The average Bonchev–Trinajstić information content (AvgIpc) is 2.51. The van der Waals surface area contributed by atoms with E-state index in [1.54, 1.807) is 13.3 Å². The van der Waals surface area contributed by atoms with E-state index >= 15 is 0 Å². The molecule has 2 rings (SSSR count). The molecule has 0 amide bonds. The first-order valence-corrected chi connectivity index (χ1v) is 7.62. The van der Waals surface area contributed by atoms with Crippen molar-refractivity contribution in [2.75, 3.05) is 13.7 Å². The summed E-state index contributed by atoms with van der Waals surface area (Å²) in [4.78, 5) is 4.10. The van der Waals surface area contributed by atoms with Crippen LogP contribution in [-0.4, -0.2) is 18.7 Å². The Kier molecular flexibility index (Phi) is 8.24. The average molecular weight is 387 g/mol. The summed E-state index contributed by atoms with van der Waals surface area (Å²) in [5.41, 5.74) is 2.29. The van der Waals surface area contributed by atoms with Crippen LogP contribution in [0.1, 0.15) is 18.1 Å². The number of hydrogen-bond acceptors (Lipinski definition) is 4. The van der Waals surface area contributed by atoms with Gasteiger partial charge in [0.2, 0.25) is 0 Å². The van der Waals surface area contributed by atoms with Gasteiger partial charge in [0.1, 0.15) is 0 Å². The topological polar surface area (TPSA) is 43.4 Å². The van der Waals surface area contributed by atoms with Crippen molar-refractivity contribution in [2.45, 2.75) is 20.0 Å². The zero-order valence-corrected chi connectivity index (χ0v) is 14.9. The van der Waals surface area contributed by atoms with E-state index in [1.807, 2.05) is 31.3 Å². The summed E-state index contributed by atoms with van der Waals surface area (Å²) in [5.74, 6) is 1.49. The van der Waals surface area contributed by atoms with Crippen molar-refractivity contribution in [3.8, 4) is 11.5 Å². The van der Waals surface area contributed by atoms with Gasteiger partial charge in [0, 0.05) is 25.5 Å². The minimum absolute atomic E-state index is 0. The second-order valence-electron chi connectivity index (χ2n) is 4.51. The Morgan fingerprint density at radius 3 is 2.64 bits per heavy atom. The van der Waals surface area contributed by atoms with Gasteiger partial charge in [-0.05, 0) is 52.2 Å². The first-order chi connectivity index (χ1) is 10.2. The standard InChI is InChI=1S/C16H19BrN2O2.ClH/c1-3-21-16-14(17)7-13(8-15(16)20-2)11-19-10-12-5-4-6-18-9-12;/h4-9,19H,3,10-11H2,1-2H3;1H/p-1. The lowest BCUT2D eigenvalue weighted by molar-refractivity contribution is -0.00000502. The quantitative estimate of drug-likeness (QED) is 0.754. The van der Waals surface area contributed by atoms with Crippen LogP contribution in [-0.2, 0) is 13.1 Å². The molecular weight excluding hydrogens is 368 g/mol. The van der Waals surface area contributed by atoms with E-state index in [0.717, 1.165) is 40.2 Å². The maximum Gasteiger partial charge on any atom is 0.175 e. The van der Waals surface area contributed by atoms with Crippen LogP contribution >= 0.6 is 15.9 Å². The Labute approximate surface area is 145 Å². The highest BCUT2D eigenvalue weighted by atomic mass is 79.9. The summed E-state index contributed by atoms with van der Waals surface area (Å²) >= 11 is 3.53. The molecule has 22 heavy (non-hydrogen) atoms. The van der Waals surface area contributed by atoms with Crippen molar-refractivity contribution in [1.82, 2.24) is 10.3 Å². The van der Waals surface area contributed by atoms with Crippen molar-refractivity contribution >= 4 is 15.9 Å². The fourth-order valence-corrected chi connectivity index (χ4v) is 2.62. The van der Waals surface area contributed by atoms with Gasteiger partial charge in [-0.25, -0.2) is 0 Å². The van der Waals surface area contributed by atoms with Crippen molar-refractivity contribution < 1.29 is 21.9 Å². The summed E-state index contributed by atoms with van der Waals surface area (Å²) in [6, 6.07) is 8.03. The van der Waals surface area contributed by atoms with Gasteiger partial charge in [-0.1, -0.05) is 6.07 Å². The third-order valence-corrected chi connectivity index (χ3v) is 3.55. The largest absolute Gasteiger partial charge is 1.00 e. The molecule has 120 valence electrons. The van der Waals surface area contributed by atoms with Gasteiger partial charge >= 0.3 is 0 Å². The maximum atomic E-state index is 5.59. The molecule has 1 aromatic carbocycles. The number of nitrogens with zero attached hydrogens (tertiary/aromatic N) is 1. The van der Waals surface area contributed by atoms with Gasteiger partial charge in [0.25, 0.3) is 0 Å². The predicted octanol–water partition coefficient (Wildman–Crippen LogP) is 0.545. The molecule has 1 N–H and O–H groups in total. The van der Waals surface area contributed by atoms with E-state index in [9.17, 15) is 0 Å². The first kappa shape index (κ1) is 18.7. The molecule has 0 bridgehead atoms. The lowest BCUT2D eigenvalue weighted by atomic mass is 10.2. The normalized spacial score (nSPS) is 9.95. The van der Waals surface area contributed by atoms with Crippen LogP contribution < -0.4 is 27.2 Å². The monoisotopic (exact) mass is 385 g/mol. The highest BCUT2D eigenvalue weighted by Gasteiger charge is 2.11. The second-order valence-corrected chi connectivity index (χ2v) is 5.36. The van der Waals surface area contributed by atoms with Crippen molar-refractivity contribution in [1.29, 1.82) is 0 Å². The van der Waals surface area contributed by atoms with Crippen molar-refractivity contribution in [3.63, 3.8) is 0 Å². The van der Waals surface area contributed by atoms with Crippen LogP contribution in [0.2, 0.25) is 0 Å². The third-order valence-electron chi connectivity index (χ3n) is 2.96. The molecule has 1 heterocycles. The fourth-order valence-electron chi connectivity index (χ4n) is 2.01. The number of nitrogens with one attached hydrogen (secondary N) is 1. The lowest BCUT2D eigenvalue weighted by Gasteiger charge is -2.13. The molecule has 0 radical (unpaired) electrons. The summed E-state index contributed by atoms with van der Waals surface area (Å²) < 4.78 is 11.9. The number of pyridine rings is 1. The van der Waals surface area contributed by atoms with Gasteiger partial charge in [0.15, 0.2) is 11.5 Å². The Morgan fingerprint density at radius 1 is 1.23 bits per heavy atom. The van der Waals surface area contributed by atoms with E-state index in [-0.39, 0.29) is 12.4 Å². The Hall–Kier alpha value is -1.30. The van der Waals surface area contributed by atoms with E-state index in [0.29, 0.717) is 6.61 Å². The van der Waals surface area contributed by atoms with E-state index < -0.39 is 0 Å². The molecule has 0 aliphatic rings. The number of ether oxygens (including phenoxy) is 2. The Bertz CT molecular complexity index is 582. The van der Waals surface area contributed by atoms with Crippen LogP contribution in [0.5, 0.6) is 11.5 Å². The maximum absolute atomic E-state index is 5.59. The first-order valence-electron chi connectivity index (χ1n) is 6.83. The molecule has 0 fully saturated rings.